The van der Waals surface area contributed by atoms with Crippen molar-refractivity contribution in [1.82, 2.24) is 0 Å². The molecule has 1 aliphatic rings. The van der Waals surface area contributed by atoms with Crippen LogP contribution in [0.15, 0.2) is 65.1 Å². The fourth-order valence-electron chi connectivity index (χ4n) is 2.44. The third-order valence-corrected chi connectivity index (χ3v) is 3.77. The second kappa shape index (κ2) is 7.29. The number of aliphatic imine (C=N–C) groups is 1. The Hall–Kier alpha value is -3.97. The van der Waals surface area contributed by atoms with Crippen LogP contribution in [0.2, 0.25) is 0 Å². The van der Waals surface area contributed by atoms with Crippen LogP contribution < -0.4 is 15.2 Å². The number of carbonyl (C=O) groups excluding carboxylic acids is 1. The fraction of sp³-hybridized carbons (Fsp3) is 0.105. The summed E-state index contributed by atoms with van der Waals surface area (Å²) in [6.45, 7) is 1.78. The van der Waals surface area contributed by atoms with Gasteiger partial charge in [-0.2, -0.15) is 10.5 Å². The van der Waals surface area contributed by atoms with Crippen LogP contribution in [0.5, 0.6) is 0 Å². The highest BCUT2D eigenvalue weighted by molar-refractivity contribution is 6.02. The molecule has 1 aliphatic heterocycles. The molecule has 0 aliphatic carbocycles. The summed E-state index contributed by atoms with van der Waals surface area (Å²) in [6.07, 6.45) is 3.82. The van der Waals surface area contributed by atoms with E-state index in [9.17, 15) is 15.3 Å². The van der Waals surface area contributed by atoms with Crippen LogP contribution in [0.3, 0.4) is 0 Å². The molecule has 3 rings (SSSR count). The monoisotopic (exact) mass is 343 g/mol. The third kappa shape index (κ3) is 3.28. The average molecular weight is 343 g/mol. The average Bonchev–Trinajstić information content (AvgIpc) is 2.69. The molecule has 0 atom stereocenters. The van der Waals surface area contributed by atoms with Gasteiger partial charge in [0.15, 0.2) is 17.0 Å². The molecule has 1 aromatic carbocycles. The molecule has 7 nitrogen and oxygen atoms in total. The number of para-hydroxylation sites is 2. The Morgan fingerprint density at radius 2 is 1.88 bits per heavy atom. The molecule has 1 amide bonds. The predicted octanol–water partition coefficient (Wildman–Crippen LogP) is 2.63. The molecule has 0 spiro atoms. The van der Waals surface area contributed by atoms with Crippen LogP contribution in [-0.2, 0) is 4.79 Å². The van der Waals surface area contributed by atoms with Crippen molar-refractivity contribution >= 4 is 28.8 Å². The molecule has 0 fully saturated rings. The minimum atomic E-state index is -0.0785. The Balaban J connectivity index is 2.07. The van der Waals surface area contributed by atoms with E-state index in [1.807, 2.05) is 36.4 Å². The Bertz CT molecular complexity index is 990. The minimum Gasteiger partial charge on any atom is -0.343 e. The zero-order valence-electron chi connectivity index (χ0n) is 14.0. The van der Waals surface area contributed by atoms with E-state index in [0.717, 1.165) is 5.69 Å². The molecule has 0 saturated heterocycles. The summed E-state index contributed by atoms with van der Waals surface area (Å²) in [6, 6.07) is 14.6. The van der Waals surface area contributed by atoms with Crippen LogP contribution >= 0.6 is 0 Å². The van der Waals surface area contributed by atoms with Gasteiger partial charge in [0.25, 0.3) is 0 Å². The van der Waals surface area contributed by atoms with E-state index in [-0.39, 0.29) is 11.5 Å². The van der Waals surface area contributed by atoms with E-state index in [4.69, 9.17) is 0 Å². The second-order valence-corrected chi connectivity index (χ2v) is 5.45. The number of pyridine rings is 1. The van der Waals surface area contributed by atoms with Gasteiger partial charge in [0.2, 0.25) is 5.91 Å². The SMILES string of the molecule is CCC(=O)Nc1cc[n+](C2=Nc3ccccc3NC2=C(C#N)C#N)cc1. The molecule has 126 valence electrons. The summed E-state index contributed by atoms with van der Waals surface area (Å²) >= 11 is 0. The Morgan fingerprint density at radius 1 is 1.19 bits per heavy atom. The number of fused-ring (bicyclic) bond motifs is 1. The maximum Gasteiger partial charge on any atom is 0.354 e. The molecule has 7 heteroatoms. The number of benzene rings is 1. The highest BCUT2D eigenvalue weighted by Gasteiger charge is 2.29. The van der Waals surface area contributed by atoms with Gasteiger partial charge in [0.1, 0.15) is 12.1 Å². The van der Waals surface area contributed by atoms with Crippen molar-refractivity contribution < 1.29 is 9.36 Å². The third-order valence-electron chi connectivity index (χ3n) is 3.77. The van der Waals surface area contributed by atoms with Crippen molar-refractivity contribution in [3.63, 3.8) is 0 Å². The van der Waals surface area contributed by atoms with Crippen LogP contribution in [0.4, 0.5) is 17.1 Å². The van der Waals surface area contributed by atoms with E-state index < -0.39 is 0 Å². The van der Waals surface area contributed by atoms with Gasteiger partial charge in [0, 0.05) is 24.2 Å². The molecule has 26 heavy (non-hydrogen) atoms. The first-order valence-corrected chi connectivity index (χ1v) is 7.97. The van der Waals surface area contributed by atoms with Gasteiger partial charge in [-0.1, -0.05) is 19.1 Å². The highest BCUT2D eigenvalue weighted by Crippen LogP contribution is 2.30. The van der Waals surface area contributed by atoms with Crippen molar-refractivity contribution in [2.24, 2.45) is 4.99 Å². The van der Waals surface area contributed by atoms with Gasteiger partial charge in [-0.3, -0.25) is 4.79 Å². The summed E-state index contributed by atoms with van der Waals surface area (Å²) in [4.78, 5) is 16.1. The zero-order valence-corrected chi connectivity index (χ0v) is 14.0. The van der Waals surface area contributed by atoms with Crippen molar-refractivity contribution in [1.29, 1.82) is 10.5 Å². The number of carbonyl (C=O) groups is 1. The Labute approximate surface area is 150 Å². The Morgan fingerprint density at radius 3 is 2.54 bits per heavy atom. The molecule has 2 heterocycles. The number of hydrogen-bond acceptors (Lipinski definition) is 5. The molecule has 1 aromatic heterocycles. The molecule has 0 saturated carbocycles. The lowest BCUT2D eigenvalue weighted by Crippen LogP contribution is -2.46. The van der Waals surface area contributed by atoms with Gasteiger partial charge in [-0.05, 0) is 17.1 Å². The molecule has 0 unspecified atom stereocenters. The summed E-state index contributed by atoms with van der Waals surface area (Å²) in [5.41, 5.74) is 2.36. The van der Waals surface area contributed by atoms with E-state index in [1.54, 1.807) is 36.0 Å². The molecule has 0 radical (unpaired) electrons. The maximum absolute atomic E-state index is 11.5. The molecular weight excluding hydrogens is 328 g/mol. The van der Waals surface area contributed by atoms with E-state index in [2.05, 4.69) is 15.6 Å². The summed E-state index contributed by atoms with van der Waals surface area (Å²) in [5.74, 6) is 0.348. The van der Waals surface area contributed by atoms with Gasteiger partial charge in [0.05, 0.1) is 18.1 Å². The number of allylic oxidation sites excluding steroid dienone is 2. The van der Waals surface area contributed by atoms with Crippen LogP contribution in [0, 0.1) is 22.7 Å². The topological polar surface area (TPSA) is 105 Å². The van der Waals surface area contributed by atoms with Crippen LogP contribution in [0.1, 0.15) is 13.3 Å². The standard InChI is InChI=1S/C19H14N6O/c1-2-17(26)22-14-7-9-25(10-8-14)19-18(13(11-20)12-21)23-15-5-3-4-6-16(15)24-19/h3-10,23H,2H2,1H3/p+1. The number of amides is 1. The first-order chi connectivity index (χ1) is 12.7. The number of nitrogens with zero attached hydrogens (tertiary/aromatic N) is 4. The van der Waals surface area contributed by atoms with E-state index in [1.165, 1.54) is 0 Å². The molecule has 2 aromatic rings. The van der Waals surface area contributed by atoms with E-state index >= 15 is 0 Å². The molecule has 2 N–H and O–H groups in total. The normalized spacial score (nSPS) is 12.0. The number of hydrogen-bond donors (Lipinski definition) is 2. The van der Waals surface area contributed by atoms with E-state index in [0.29, 0.717) is 29.3 Å². The molecular formula is C19H15N6O+. The number of aromatic nitrogens is 1. The first kappa shape index (κ1) is 16.9. The maximum atomic E-state index is 11.5. The first-order valence-electron chi connectivity index (χ1n) is 7.97. The minimum absolute atomic E-state index is 0.0610. The van der Waals surface area contributed by atoms with Crippen LogP contribution in [0.25, 0.3) is 0 Å². The van der Waals surface area contributed by atoms with Crippen molar-refractivity contribution in [3.8, 4) is 12.1 Å². The van der Waals surface area contributed by atoms with Gasteiger partial charge in [-0.25, -0.2) is 4.57 Å². The number of nitriles is 2. The number of nitrogens with one attached hydrogen (secondary N) is 2. The van der Waals surface area contributed by atoms with Crippen molar-refractivity contribution in [3.05, 3.63) is 60.1 Å². The van der Waals surface area contributed by atoms with Gasteiger partial charge in [-0.15, -0.1) is 0 Å². The number of anilines is 2. The fourth-order valence-corrected chi connectivity index (χ4v) is 2.44. The summed E-state index contributed by atoms with van der Waals surface area (Å²) in [5, 5.41) is 24.4. The Kier molecular flexibility index (Phi) is 4.73. The lowest BCUT2D eigenvalue weighted by molar-refractivity contribution is -0.554. The lowest BCUT2D eigenvalue weighted by Gasteiger charge is -2.15. The quantitative estimate of drug-likeness (QED) is 0.646. The summed E-state index contributed by atoms with van der Waals surface area (Å²) < 4.78 is 1.69. The van der Waals surface area contributed by atoms with Crippen LogP contribution in [-0.4, -0.2) is 11.7 Å². The second-order valence-electron chi connectivity index (χ2n) is 5.45. The highest BCUT2D eigenvalue weighted by atomic mass is 16.1. The zero-order chi connectivity index (χ0) is 18.5. The van der Waals surface area contributed by atoms with Gasteiger partial charge < -0.3 is 10.6 Å². The summed E-state index contributed by atoms with van der Waals surface area (Å²) in [7, 11) is 0. The predicted molar refractivity (Wildman–Crippen MR) is 96.4 cm³/mol. The largest absolute Gasteiger partial charge is 0.354 e. The smallest absolute Gasteiger partial charge is 0.343 e. The molecule has 0 bridgehead atoms. The lowest BCUT2D eigenvalue weighted by atomic mass is 10.1. The van der Waals surface area contributed by atoms with Crippen molar-refractivity contribution in [2.45, 2.75) is 13.3 Å². The van der Waals surface area contributed by atoms with Gasteiger partial charge >= 0.3 is 5.84 Å². The van der Waals surface area contributed by atoms with Crippen molar-refractivity contribution in [2.75, 3.05) is 10.6 Å². The number of rotatable bonds is 2.